The lowest BCUT2D eigenvalue weighted by Gasteiger charge is -2.41. The molecule has 1 fully saturated rings. The van der Waals surface area contributed by atoms with Crippen LogP contribution in [0.2, 0.25) is 0 Å². The van der Waals surface area contributed by atoms with Crippen LogP contribution in [0.25, 0.3) is 4.85 Å². The molecule has 0 bridgehead atoms. The number of rotatable bonds is 6. The summed E-state index contributed by atoms with van der Waals surface area (Å²) in [4.78, 5) is 32.4. The lowest BCUT2D eigenvalue weighted by Crippen LogP contribution is -2.52. The second-order valence-corrected chi connectivity index (χ2v) is 9.47. The van der Waals surface area contributed by atoms with Crippen molar-refractivity contribution in [1.29, 1.82) is 0 Å². The third kappa shape index (κ3) is 4.91. The molecule has 2 amide bonds. The zero-order valence-electron chi connectivity index (χ0n) is 19.3. The van der Waals surface area contributed by atoms with Gasteiger partial charge in [-0.3, -0.25) is 9.59 Å². The first kappa shape index (κ1) is 23.7. The molecule has 2 aliphatic rings. The van der Waals surface area contributed by atoms with E-state index in [9.17, 15) is 19.8 Å². The molecule has 0 radical (unpaired) electrons. The normalized spacial score (nSPS) is 18.5. The van der Waals surface area contributed by atoms with Gasteiger partial charge in [-0.25, -0.2) is 4.85 Å². The number of para-hydroxylation sites is 2. The van der Waals surface area contributed by atoms with E-state index in [1.165, 1.54) is 4.90 Å². The van der Waals surface area contributed by atoms with E-state index in [1.807, 2.05) is 48.5 Å². The van der Waals surface area contributed by atoms with Gasteiger partial charge in [0.15, 0.2) is 12.2 Å². The van der Waals surface area contributed by atoms with Gasteiger partial charge in [0.1, 0.15) is 0 Å². The molecule has 3 N–H and O–H groups in total. The van der Waals surface area contributed by atoms with Crippen LogP contribution < -0.4 is 10.2 Å². The second kappa shape index (κ2) is 9.84. The van der Waals surface area contributed by atoms with Crippen LogP contribution in [0.15, 0.2) is 48.5 Å². The van der Waals surface area contributed by atoms with Gasteiger partial charge in [0.25, 0.3) is 11.8 Å². The molecule has 2 aromatic rings. The zero-order valence-corrected chi connectivity index (χ0v) is 19.3. The molecule has 8 nitrogen and oxygen atoms in total. The minimum Gasteiger partial charge on any atom is -0.380 e. The maximum absolute atomic E-state index is 12.7. The molecule has 0 spiro atoms. The quantitative estimate of drug-likeness (QED) is 0.572. The summed E-state index contributed by atoms with van der Waals surface area (Å²) >= 11 is 0. The second-order valence-electron chi connectivity index (χ2n) is 9.47. The van der Waals surface area contributed by atoms with Crippen LogP contribution in [0.1, 0.15) is 30.9 Å². The Labute approximate surface area is 199 Å². The average molecular weight is 463 g/mol. The molecule has 4 rings (SSSR count). The Morgan fingerprint density at radius 2 is 1.62 bits per heavy atom. The zero-order chi connectivity index (χ0) is 24.3. The number of nitrogens with zero attached hydrogens (tertiary/aromatic N) is 3. The van der Waals surface area contributed by atoms with Crippen molar-refractivity contribution in [3.05, 3.63) is 71.1 Å². The number of nitrogens with one attached hydrogen (secondary N) is 1. The third-order valence-electron chi connectivity index (χ3n) is 6.98. The number of amides is 2. The number of hydrogen-bond donors (Lipinski definition) is 3. The molecule has 0 aromatic heterocycles. The summed E-state index contributed by atoms with van der Waals surface area (Å²) in [7, 11) is 0. The van der Waals surface area contributed by atoms with Crippen molar-refractivity contribution < 1.29 is 19.8 Å². The minimum absolute atomic E-state index is 0.190. The van der Waals surface area contributed by atoms with E-state index in [0.717, 1.165) is 42.7 Å². The van der Waals surface area contributed by atoms with Gasteiger partial charge < -0.3 is 25.3 Å². The summed E-state index contributed by atoms with van der Waals surface area (Å²) in [6.45, 7) is 12.0. The summed E-state index contributed by atoms with van der Waals surface area (Å²) in [5.74, 6) is -1.41. The van der Waals surface area contributed by atoms with Crippen molar-refractivity contribution >= 4 is 23.2 Å². The van der Waals surface area contributed by atoms with Crippen LogP contribution in [0.4, 0.5) is 11.4 Å². The van der Waals surface area contributed by atoms with Gasteiger partial charge in [0, 0.05) is 38.4 Å². The van der Waals surface area contributed by atoms with E-state index in [0.29, 0.717) is 25.3 Å². The first-order valence-corrected chi connectivity index (χ1v) is 11.5. The number of benzene rings is 2. The maximum atomic E-state index is 12.7. The Morgan fingerprint density at radius 3 is 2.24 bits per heavy atom. The van der Waals surface area contributed by atoms with Gasteiger partial charge in [-0.2, -0.15) is 0 Å². The van der Waals surface area contributed by atoms with Crippen molar-refractivity contribution in [2.75, 3.05) is 24.5 Å². The Hall–Kier alpha value is -3.41. The van der Waals surface area contributed by atoms with Gasteiger partial charge >= 0.3 is 0 Å². The molecule has 2 aliphatic heterocycles. The monoisotopic (exact) mass is 462 g/mol. The molecule has 8 heteroatoms. The molecule has 0 saturated carbocycles. The smallest absolute Gasteiger partial charge is 0.255 e. The van der Waals surface area contributed by atoms with Crippen molar-refractivity contribution in [1.82, 2.24) is 10.2 Å². The van der Waals surface area contributed by atoms with Crippen LogP contribution in [0.5, 0.6) is 0 Å². The number of anilines is 1. The summed E-state index contributed by atoms with van der Waals surface area (Å²) in [5.41, 5.74) is 3.36. The highest BCUT2D eigenvalue weighted by Crippen LogP contribution is 2.36. The Bertz CT molecular complexity index is 1080. The van der Waals surface area contributed by atoms with Crippen LogP contribution in [0, 0.1) is 12.0 Å². The SMILES string of the molecule is [C-]#[N+]c1ccccc1N1CCC(C)(CNC(=O)[C@H](O)[C@@H](O)C(=O)N2Cc3ccccc3C2)CC1. The average Bonchev–Trinajstić information content (AvgIpc) is 3.31. The van der Waals surface area contributed by atoms with Gasteiger partial charge in [-0.1, -0.05) is 49.4 Å². The molecular weight excluding hydrogens is 432 g/mol. The van der Waals surface area contributed by atoms with Crippen LogP contribution in [-0.4, -0.2) is 58.8 Å². The Kier molecular flexibility index (Phi) is 6.87. The van der Waals surface area contributed by atoms with E-state index < -0.39 is 24.0 Å². The highest BCUT2D eigenvalue weighted by molar-refractivity contribution is 5.91. The molecule has 2 atom stereocenters. The van der Waals surface area contributed by atoms with Crippen molar-refractivity contribution in [2.24, 2.45) is 5.41 Å². The standard InChI is InChI=1S/C26H30N4O4/c1-26(11-13-29(14-12-26)21-10-6-5-9-20(21)27-2)17-28-24(33)22(31)23(32)25(34)30-15-18-7-3-4-8-19(18)16-30/h3-10,22-23,31-32H,11-17H2,1H3,(H,28,33)/t22-,23-/m1/s1. The number of carbonyl (C=O) groups is 2. The molecule has 34 heavy (non-hydrogen) atoms. The summed E-state index contributed by atoms with van der Waals surface area (Å²) in [5, 5.41) is 23.5. The maximum Gasteiger partial charge on any atom is 0.255 e. The number of hydrogen-bond acceptors (Lipinski definition) is 5. The molecule has 2 aromatic carbocycles. The van der Waals surface area contributed by atoms with Crippen molar-refractivity contribution in [2.45, 2.75) is 45.1 Å². The number of aliphatic hydroxyl groups is 2. The lowest BCUT2D eigenvalue weighted by atomic mass is 9.80. The van der Waals surface area contributed by atoms with Crippen molar-refractivity contribution in [3.8, 4) is 0 Å². The van der Waals surface area contributed by atoms with Crippen molar-refractivity contribution in [3.63, 3.8) is 0 Å². The third-order valence-corrected chi connectivity index (χ3v) is 6.98. The highest BCUT2D eigenvalue weighted by atomic mass is 16.3. The van der Waals surface area contributed by atoms with Crippen LogP contribution in [0.3, 0.4) is 0 Å². The molecule has 0 aliphatic carbocycles. The Balaban J connectivity index is 1.28. The molecule has 2 heterocycles. The largest absolute Gasteiger partial charge is 0.380 e. The van der Waals surface area contributed by atoms with Gasteiger partial charge in [-0.15, -0.1) is 0 Å². The van der Waals surface area contributed by atoms with Crippen LogP contribution in [-0.2, 0) is 22.7 Å². The lowest BCUT2D eigenvalue weighted by molar-refractivity contribution is -0.153. The fourth-order valence-electron chi connectivity index (χ4n) is 4.65. The van der Waals surface area contributed by atoms with E-state index in [4.69, 9.17) is 6.57 Å². The predicted molar refractivity (Wildman–Crippen MR) is 128 cm³/mol. The number of fused-ring (bicyclic) bond motifs is 1. The highest BCUT2D eigenvalue weighted by Gasteiger charge is 2.37. The van der Waals surface area contributed by atoms with E-state index in [-0.39, 0.29) is 5.41 Å². The summed E-state index contributed by atoms with van der Waals surface area (Å²) in [6, 6.07) is 15.2. The number of aliphatic hydroxyl groups excluding tert-OH is 2. The number of piperidine rings is 1. The molecule has 0 unspecified atom stereocenters. The molecule has 1 saturated heterocycles. The Morgan fingerprint density at radius 1 is 1.03 bits per heavy atom. The first-order chi connectivity index (χ1) is 16.3. The van der Waals surface area contributed by atoms with E-state index >= 15 is 0 Å². The van der Waals surface area contributed by atoms with Gasteiger partial charge in [0.05, 0.1) is 6.57 Å². The fraction of sp³-hybridized carbons (Fsp3) is 0.423. The molecular formula is C26H30N4O4. The van der Waals surface area contributed by atoms with Gasteiger partial charge in [0.2, 0.25) is 5.69 Å². The molecule has 178 valence electrons. The first-order valence-electron chi connectivity index (χ1n) is 11.5. The predicted octanol–water partition coefficient (Wildman–Crippen LogP) is 2.22. The fourth-order valence-corrected chi connectivity index (χ4v) is 4.65. The van der Waals surface area contributed by atoms with E-state index in [2.05, 4.69) is 22.0 Å². The van der Waals surface area contributed by atoms with E-state index in [1.54, 1.807) is 0 Å². The van der Waals surface area contributed by atoms with Crippen LogP contribution >= 0.6 is 0 Å². The van der Waals surface area contributed by atoms with Gasteiger partial charge in [-0.05, 0) is 35.4 Å². The minimum atomic E-state index is -1.83. The number of carbonyl (C=O) groups excluding carboxylic acids is 2. The topological polar surface area (TPSA) is 97.5 Å². The summed E-state index contributed by atoms with van der Waals surface area (Å²) < 4.78 is 0. The summed E-state index contributed by atoms with van der Waals surface area (Å²) in [6.07, 6.45) is -2.05.